The summed E-state index contributed by atoms with van der Waals surface area (Å²) in [6.45, 7) is 3.16. The molecule has 1 atom stereocenters. The van der Waals surface area contributed by atoms with E-state index in [1.54, 1.807) is 55.1 Å². The van der Waals surface area contributed by atoms with Gasteiger partial charge in [-0.3, -0.25) is 9.59 Å². The maximum Gasteiger partial charge on any atom is 0.295 e. The molecule has 0 aliphatic carbocycles. The highest BCUT2D eigenvalue weighted by atomic mass is 19.1. The lowest BCUT2D eigenvalue weighted by molar-refractivity contribution is -0.140. The average molecular weight is 526 g/mol. The number of rotatable bonds is 9. The van der Waals surface area contributed by atoms with Crippen LogP contribution in [0.25, 0.3) is 5.76 Å². The van der Waals surface area contributed by atoms with Crippen LogP contribution >= 0.6 is 0 Å². The summed E-state index contributed by atoms with van der Waals surface area (Å²) < 4.78 is 22.7. The number of likely N-dealkylation sites (tertiary alicyclic amines) is 1. The van der Waals surface area contributed by atoms with E-state index in [1.165, 1.54) is 17.0 Å². The number of benzene rings is 3. The van der Waals surface area contributed by atoms with Gasteiger partial charge in [-0.25, -0.2) is 9.37 Å². The Labute approximate surface area is 225 Å². The zero-order chi connectivity index (χ0) is 27.4. The van der Waals surface area contributed by atoms with E-state index in [0.29, 0.717) is 30.9 Å². The summed E-state index contributed by atoms with van der Waals surface area (Å²) in [6, 6.07) is 19.5. The lowest BCUT2D eigenvalue weighted by Gasteiger charge is -2.25. The van der Waals surface area contributed by atoms with Crippen molar-refractivity contribution in [2.45, 2.75) is 32.5 Å². The molecule has 0 radical (unpaired) electrons. The predicted molar refractivity (Wildman–Crippen MR) is 144 cm³/mol. The maximum atomic E-state index is 15.0. The van der Waals surface area contributed by atoms with Crippen molar-refractivity contribution in [3.05, 3.63) is 125 Å². The molecule has 1 fully saturated rings. The third-order valence-corrected chi connectivity index (χ3v) is 6.73. The number of aliphatic hydroxyl groups excluding tert-OH is 1. The molecule has 0 spiro atoms. The molecule has 1 amide bonds. The Hall–Kier alpha value is -4.72. The number of ether oxygens (including phenoxy) is 1. The second-order valence-corrected chi connectivity index (χ2v) is 9.47. The molecule has 1 aromatic heterocycles. The fraction of sp³-hybridized carbons (Fsp3) is 0.194. The van der Waals surface area contributed by atoms with Gasteiger partial charge in [0.05, 0.1) is 17.9 Å². The molecule has 39 heavy (non-hydrogen) atoms. The van der Waals surface area contributed by atoms with Crippen molar-refractivity contribution in [2.24, 2.45) is 0 Å². The van der Waals surface area contributed by atoms with Crippen LogP contribution in [0, 0.1) is 12.7 Å². The minimum Gasteiger partial charge on any atom is -0.507 e. The Kier molecular flexibility index (Phi) is 7.54. The molecule has 198 valence electrons. The van der Waals surface area contributed by atoms with E-state index < -0.39 is 23.5 Å². The number of hydrogen-bond acceptors (Lipinski definition) is 5. The van der Waals surface area contributed by atoms with Crippen molar-refractivity contribution in [1.82, 2.24) is 14.5 Å². The quantitative estimate of drug-likeness (QED) is 0.179. The Morgan fingerprint density at radius 3 is 2.54 bits per heavy atom. The van der Waals surface area contributed by atoms with E-state index in [1.807, 2.05) is 35.8 Å². The summed E-state index contributed by atoms with van der Waals surface area (Å²) in [5.74, 6) is -1.95. The van der Waals surface area contributed by atoms with Crippen LogP contribution in [-0.4, -0.2) is 37.8 Å². The van der Waals surface area contributed by atoms with Gasteiger partial charge in [0.1, 0.15) is 23.9 Å². The standard InChI is InChI=1S/C31H28FN3O4/c1-21-6-4-7-22(18-21)19-39-24-12-10-23(11-13-24)29(36)27-28(25-8-2-3-9-26(25)32)35(31(38)30(27)37)16-5-15-34-17-14-33-20-34/h2-4,6-14,17-18,20,28,36H,5,15-16,19H2,1H3/b29-27+/t28-/m0/s1. The second-order valence-electron chi connectivity index (χ2n) is 9.47. The molecule has 5 rings (SSSR count). The highest BCUT2D eigenvalue weighted by molar-refractivity contribution is 6.46. The Morgan fingerprint density at radius 1 is 1.03 bits per heavy atom. The van der Waals surface area contributed by atoms with Crippen LogP contribution < -0.4 is 4.74 Å². The van der Waals surface area contributed by atoms with Gasteiger partial charge in [0.15, 0.2) is 0 Å². The summed E-state index contributed by atoms with van der Waals surface area (Å²) >= 11 is 0. The number of Topliss-reactive ketones (excluding diaryl/α,β-unsaturated/α-hetero) is 1. The summed E-state index contributed by atoms with van der Waals surface area (Å²) in [5, 5.41) is 11.3. The van der Waals surface area contributed by atoms with Crippen molar-refractivity contribution in [1.29, 1.82) is 0 Å². The number of nitrogens with zero attached hydrogens (tertiary/aromatic N) is 3. The highest BCUT2D eigenvalue weighted by Gasteiger charge is 2.46. The van der Waals surface area contributed by atoms with Crippen LogP contribution in [0.1, 0.15) is 34.7 Å². The number of hydrogen-bond donors (Lipinski definition) is 1. The van der Waals surface area contributed by atoms with Gasteiger partial charge in [-0.05, 0) is 49.2 Å². The van der Waals surface area contributed by atoms with Crippen molar-refractivity contribution in [3.63, 3.8) is 0 Å². The summed E-state index contributed by atoms with van der Waals surface area (Å²) in [7, 11) is 0. The van der Waals surface area contributed by atoms with Crippen molar-refractivity contribution < 1.29 is 23.8 Å². The highest BCUT2D eigenvalue weighted by Crippen LogP contribution is 2.40. The van der Waals surface area contributed by atoms with Crippen LogP contribution in [0.2, 0.25) is 0 Å². The Bertz CT molecular complexity index is 1510. The molecular formula is C31H28FN3O4. The number of amides is 1. The van der Waals surface area contributed by atoms with E-state index in [4.69, 9.17) is 4.74 Å². The first-order valence-corrected chi connectivity index (χ1v) is 12.7. The lowest BCUT2D eigenvalue weighted by Crippen LogP contribution is -2.31. The molecule has 1 saturated heterocycles. The van der Waals surface area contributed by atoms with Gasteiger partial charge in [-0.15, -0.1) is 0 Å². The SMILES string of the molecule is Cc1cccc(COc2ccc(/C(O)=C3\C(=O)C(=O)N(CCCn4ccnc4)[C@H]3c3ccccc3F)cc2)c1. The average Bonchev–Trinajstić information content (AvgIpc) is 3.55. The van der Waals surface area contributed by atoms with E-state index in [9.17, 15) is 19.1 Å². The van der Waals surface area contributed by atoms with E-state index in [-0.39, 0.29) is 23.4 Å². The number of halogens is 1. The third-order valence-electron chi connectivity index (χ3n) is 6.73. The van der Waals surface area contributed by atoms with E-state index in [2.05, 4.69) is 4.98 Å². The van der Waals surface area contributed by atoms with Crippen LogP contribution in [-0.2, 0) is 22.7 Å². The third kappa shape index (κ3) is 5.60. The topological polar surface area (TPSA) is 84.7 Å². The first kappa shape index (κ1) is 25.9. The van der Waals surface area contributed by atoms with Gasteiger partial charge >= 0.3 is 0 Å². The molecule has 1 aliphatic rings. The number of aliphatic hydroxyl groups is 1. The smallest absolute Gasteiger partial charge is 0.295 e. The van der Waals surface area contributed by atoms with E-state index in [0.717, 1.165) is 11.1 Å². The van der Waals surface area contributed by atoms with Gasteiger partial charge in [0.25, 0.3) is 11.7 Å². The largest absolute Gasteiger partial charge is 0.507 e. The second kappa shape index (κ2) is 11.3. The summed E-state index contributed by atoms with van der Waals surface area (Å²) in [4.78, 5) is 31.7. The zero-order valence-electron chi connectivity index (χ0n) is 21.5. The molecule has 4 aromatic rings. The molecule has 0 bridgehead atoms. The normalized spacial score (nSPS) is 16.6. The number of carbonyl (C=O) groups is 2. The van der Waals surface area contributed by atoms with E-state index >= 15 is 0 Å². The van der Waals surface area contributed by atoms with Crippen LogP contribution in [0.3, 0.4) is 0 Å². The minimum absolute atomic E-state index is 0.138. The fourth-order valence-electron chi connectivity index (χ4n) is 4.81. The maximum absolute atomic E-state index is 15.0. The molecule has 2 heterocycles. The monoisotopic (exact) mass is 525 g/mol. The predicted octanol–water partition coefficient (Wildman–Crippen LogP) is 5.42. The van der Waals surface area contributed by atoms with Gasteiger partial charge in [-0.1, -0.05) is 48.0 Å². The Balaban J connectivity index is 1.42. The van der Waals surface area contributed by atoms with Crippen molar-refractivity contribution in [3.8, 4) is 5.75 Å². The first-order valence-electron chi connectivity index (χ1n) is 12.7. The molecule has 1 aliphatic heterocycles. The number of carbonyl (C=O) groups excluding carboxylic acids is 2. The molecule has 0 saturated carbocycles. The molecule has 0 unspecified atom stereocenters. The van der Waals surface area contributed by atoms with Crippen LogP contribution in [0.15, 0.2) is 97.1 Å². The first-order chi connectivity index (χ1) is 18.9. The fourth-order valence-corrected chi connectivity index (χ4v) is 4.81. The van der Waals surface area contributed by atoms with Crippen LogP contribution in [0.5, 0.6) is 5.75 Å². The summed E-state index contributed by atoms with van der Waals surface area (Å²) in [5.41, 5.74) is 2.51. The number of aryl methyl sites for hydroxylation is 2. The zero-order valence-corrected chi connectivity index (χ0v) is 21.5. The lowest BCUT2D eigenvalue weighted by atomic mass is 9.95. The molecule has 8 heteroatoms. The number of imidazole rings is 1. The molecular weight excluding hydrogens is 497 g/mol. The molecule has 3 aromatic carbocycles. The minimum atomic E-state index is -1.05. The number of ketones is 1. The summed E-state index contributed by atoms with van der Waals surface area (Å²) in [6.07, 6.45) is 5.64. The van der Waals surface area contributed by atoms with Crippen molar-refractivity contribution in [2.75, 3.05) is 6.54 Å². The van der Waals surface area contributed by atoms with Crippen LogP contribution in [0.4, 0.5) is 4.39 Å². The van der Waals surface area contributed by atoms with Gasteiger partial charge in [0, 0.05) is 36.6 Å². The Morgan fingerprint density at radius 2 is 1.82 bits per heavy atom. The van der Waals surface area contributed by atoms with Gasteiger partial charge in [-0.2, -0.15) is 0 Å². The molecule has 7 nitrogen and oxygen atoms in total. The molecule has 1 N–H and O–H groups in total. The number of aromatic nitrogens is 2. The van der Waals surface area contributed by atoms with Crippen molar-refractivity contribution >= 4 is 17.4 Å². The van der Waals surface area contributed by atoms with Gasteiger partial charge in [0.2, 0.25) is 0 Å². The van der Waals surface area contributed by atoms with Gasteiger partial charge < -0.3 is 19.3 Å².